The average Bonchev–Trinajstić information content (AvgIpc) is 2.49. The van der Waals surface area contributed by atoms with E-state index in [-0.39, 0.29) is 17.8 Å². The molecular weight excluding hydrogens is 292 g/mol. The first kappa shape index (κ1) is 17.2. The van der Waals surface area contributed by atoms with Crippen molar-refractivity contribution in [3.8, 4) is 0 Å². The fraction of sp³-hybridized carbons (Fsp3) is 0.368. The van der Waals surface area contributed by atoms with E-state index in [4.69, 9.17) is 5.11 Å². The highest BCUT2D eigenvalue weighted by atomic mass is 16.4. The van der Waals surface area contributed by atoms with Gasteiger partial charge in [-0.25, -0.2) is 4.79 Å². The summed E-state index contributed by atoms with van der Waals surface area (Å²) in [5.74, 6) is -0.977. The van der Waals surface area contributed by atoms with E-state index in [1.165, 1.54) is 6.92 Å². The second-order valence-corrected chi connectivity index (χ2v) is 6.74. The summed E-state index contributed by atoms with van der Waals surface area (Å²) in [6.07, 6.45) is 3.46. The molecule has 4 heteroatoms. The van der Waals surface area contributed by atoms with E-state index in [1.54, 1.807) is 43.3 Å². The van der Waals surface area contributed by atoms with Gasteiger partial charge in [0.25, 0.3) is 0 Å². The highest BCUT2D eigenvalue weighted by molar-refractivity contribution is 5.99. The summed E-state index contributed by atoms with van der Waals surface area (Å²) in [4.78, 5) is 23.3. The molecule has 23 heavy (non-hydrogen) atoms. The van der Waals surface area contributed by atoms with Crippen molar-refractivity contribution in [1.82, 2.24) is 0 Å². The van der Waals surface area contributed by atoms with Gasteiger partial charge in [0.05, 0.1) is 0 Å². The summed E-state index contributed by atoms with van der Waals surface area (Å²) in [7, 11) is 0. The van der Waals surface area contributed by atoms with Gasteiger partial charge in [-0.15, -0.1) is 0 Å². The van der Waals surface area contributed by atoms with E-state index >= 15 is 0 Å². The number of allylic oxidation sites excluding steroid dienone is 2. The Balaban J connectivity index is 2.58. The Labute approximate surface area is 136 Å². The minimum atomic E-state index is -1.34. The predicted molar refractivity (Wildman–Crippen MR) is 88.2 cm³/mol. The van der Waals surface area contributed by atoms with Crippen LogP contribution < -0.4 is 0 Å². The average molecular weight is 314 g/mol. The number of carboxylic acid groups (broad SMARTS) is 1. The van der Waals surface area contributed by atoms with Gasteiger partial charge in [0.2, 0.25) is 0 Å². The van der Waals surface area contributed by atoms with E-state index in [2.05, 4.69) is 0 Å². The van der Waals surface area contributed by atoms with Crippen LogP contribution in [0.2, 0.25) is 0 Å². The van der Waals surface area contributed by atoms with Crippen LogP contribution in [-0.4, -0.2) is 22.0 Å². The first-order chi connectivity index (χ1) is 10.6. The molecular formula is C19H22O4. The third-order valence-corrected chi connectivity index (χ3v) is 4.76. The normalized spacial score (nSPS) is 24.3. The molecule has 0 heterocycles. The summed E-state index contributed by atoms with van der Waals surface area (Å²) >= 11 is 0. The molecule has 1 aliphatic carbocycles. The number of carbonyl (C=O) groups is 2. The van der Waals surface area contributed by atoms with Crippen molar-refractivity contribution in [2.45, 2.75) is 39.7 Å². The highest BCUT2D eigenvalue weighted by Crippen LogP contribution is 2.49. The zero-order valence-electron chi connectivity index (χ0n) is 13.9. The van der Waals surface area contributed by atoms with Crippen LogP contribution in [0.4, 0.5) is 0 Å². The van der Waals surface area contributed by atoms with Crippen molar-refractivity contribution >= 4 is 11.8 Å². The quantitative estimate of drug-likeness (QED) is 0.662. The van der Waals surface area contributed by atoms with Gasteiger partial charge < -0.3 is 10.2 Å². The Morgan fingerprint density at radius 3 is 2.43 bits per heavy atom. The molecule has 0 aromatic heterocycles. The summed E-state index contributed by atoms with van der Waals surface area (Å²) in [6, 6.07) is 7.04. The minimum Gasteiger partial charge on any atom is -0.478 e. The maximum atomic E-state index is 12.3. The van der Waals surface area contributed by atoms with Crippen LogP contribution in [0.15, 0.2) is 47.6 Å². The molecule has 0 spiro atoms. The van der Waals surface area contributed by atoms with E-state index in [9.17, 15) is 14.7 Å². The van der Waals surface area contributed by atoms with Gasteiger partial charge in [0, 0.05) is 23.0 Å². The van der Waals surface area contributed by atoms with Crippen molar-refractivity contribution < 1.29 is 19.8 Å². The number of ketones is 1. The van der Waals surface area contributed by atoms with Crippen molar-refractivity contribution in [2.75, 3.05) is 0 Å². The molecule has 0 aliphatic heterocycles. The third kappa shape index (κ3) is 2.86. The maximum Gasteiger partial charge on any atom is 0.331 e. The predicted octanol–water partition coefficient (Wildman–Crippen LogP) is 3.46. The number of carboxylic acids is 1. The number of hydrogen-bond acceptors (Lipinski definition) is 3. The van der Waals surface area contributed by atoms with Crippen LogP contribution in [0, 0.1) is 5.41 Å². The van der Waals surface area contributed by atoms with Crippen molar-refractivity contribution in [2.24, 2.45) is 5.41 Å². The van der Waals surface area contributed by atoms with Gasteiger partial charge in [-0.1, -0.05) is 44.2 Å². The number of benzene rings is 1. The van der Waals surface area contributed by atoms with Crippen LogP contribution in [-0.2, 0) is 10.4 Å². The number of Topliss-reactive ketones (excluding diaryl/α,β-unsaturated/α-hetero) is 1. The first-order valence-corrected chi connectivity index (χ1v) is 7.55. The Morgan fingerprint density at radius 2 is 1.83 bits per heavy atom. The molecule has 4 nitrogen and oxygen atoms in total. The zero-order chi connectivity index (χ0) is 17.4. The summed E-state index contributed by atoms with van der Waals surface area (Å²) < 4.78 is 0. The van der Waals surface area contributed by atoms with Gasteiger partial charge in [0.1, 0.15) is 5.60 Å². The third-order valence-electron chi connectivity index (χ3n) is 4.76. The molecule has 0 fully saturated rings. The van der Waals surface area contributed by atoms with E-state index < -0.39 is 17.0 Å². The van der Waals surface area contributed by atoms with Gasteiger partial charge in [-0.2, -0.15) is 0 Å². The number of carbonyl (C=O) groups excluding carboxylic acids is 1. The molecule has 1 aromatic carbocycles. The molecule has 0 amide bonds. The monoisotopic (exact) mass is 314 g/mol. The smallest absolute Gasteiger partial charge is 0.331 e. The second-order valence-electron chi connectivity index (χ2n) is 6.74. The number of rotatable bonds is 3. The molecule has 0 unspecified atom stereocenters. The fourth-order valence-electron chi connectivity index (χ4n) is 2.91. The Hall–Kier alpha value is -2.20. The molecule has 2 rings (SSSR count). The lowest BCUT2D eigenvalue weighted by molar-refractivity contribution is -0.132. The standard InChI is InChI=1S/C19H22O4/c1-12(13(2)17(21)22)9-10-19(23)15-8-6-5-7-14(15)16(20)11-18(19,3)4/h5-10,23H,11H2,1-4H3,(H,21,22)/t19-/m1/s1. The van der Waals surface area contributed by atoms with E-state index in [1.807, 2.05) is 13.8 Å². The molecule has 0 saturated carbocycles. The lowest BCUT2D eigenvalue weighted by Gasteiger charge is -2.45. The molecule has 0 bridgehead atoms. The number of aliphatic carboxylic acids is 1. The second kappa shape index (κ2) is 5.78. The minimum absolute atomic E-state index is 0.0117. The lowest BCUT2D eigenvalue weighted by atomic mass is 9.62. The molecule has 2 N–H and O–H groups in total. The van der Waals surface area contributed by atoms with Crippen LogP contribution in [0.1, 0.15) is 50.0 Å². The molecule has 1 aliphatic rings. The molecule has 0 radical (unpaired) electrons. The summed E-state index contributed by atoms with van der Waals surface area (Å²) in [5, 5.41) is 20.4. The van der Waals surface area contributed by atoms with Crippen LogP contribution in [0.25, 0.3) is 0 Å². The summed E-state index contributed by atoms with van der Waals surface area (Å²) in [5.41, 5.74) is -0.142. The number of hydrogen-bond donors (Lipinski definition) is 2. The van der Waals surface area contributed by atoms with Crippen molar-refractivity contribution in [3.63, 3.8) is 0 Å². The highest BCUT2D eigenvalue weighted by Gasteiger charge is 2.49. The number of aliphatic hydroxyl groups is 1. The van der Waals surface area contributed by atoms with Crippen molar-refractivity contribution in [3.05, 3.63) is 58.7 Å². The Morgan fingerprint density at radius 1 is 1.22 bits per heavy atom. The molecule has 0 saturated heterocycles. The fourth-order valence-corrected chi connectivity index (χ4v) is 2.91. The van der Waals surface area contributed by atoms with Gasteiger partial charge in [0.15, 0.2) is 5.78 Å². The zero-order valence-corrected chi connectivity index (χ0v) is 13.9. The number of fused-ring (bicyclic) bond motifs is 1. The van der Waals surface area contributed by atoms with Crippen LogP contribution in [0.5, 0.6) is 0 Å². The SMILES string of the molecule is CC(C=C[C@@]1(O)c2ccccc2C(=O)CC1(C)C)=C(C)C(=O)O. The largest absolute Gasteiger partial charge is 0.478 e. The van der Waals surface area contributed by atoms with Crippen LogP contribution in [0.3, 0.4) is 0 Å². The first-order valence-electron chi connectivity index (χ1n) is 7.55. The maximum absolute atomic E-state index is 12.3. The summed E-state index contributed by atoms with van der Waals surface area (Å²) in [6.45, 7) is 6.90. The van der Waals surface area contributed by atoms with Crippen LogP contribution >= 0.6 is 0 Å². The molecule has 1 aromatic rings. The van der Waals surface area contributed by atoms with Gasteiger partial charge >= 0.3 is 5.97 Å². The Kier molecular flexibility index (Phi) is 4.31. The Bertz CT molecular complexity index is 725. The van der Waals surface area contributed by atoms with Gasteiger partial charge in [-0.3, -0.25) is 4.79 Å². The molecule has 1 atom stereocenters. The van der Waals surface area contributed by atoms with E-state index in [0.29, 0.717) is 16.7 Å². The lowest BCUT2D eigenvalue weighted by Crippen LogP contribution is -2.46. The van der Waals surface area contributed by atoms with Gasteiger partial charge in [-0.05, 0) is 31.1 Å². The molecule has 122 valence electrons. The topological polar surface area (TPSA) is 74.6 Å². The van der Waals surface area contributed by atoms with Crippen molar-refractivity contribution in [1.29, 1.82) is 0 Å². The van der Waals surface area contributed by atoms with E-state index in [0.717, 1.165) is 0 Å².